The summed E-state index contributed by atoms with van der Waals surface area (Å²) in [6, 6.07) is 4.53. The fraction of sp³-hybridized carbons (Fsp3) is 0.571. The number of nitrogens with two attached hydrogens (primary N) is 1. The van der Waals surface area contributed by atoms with Gasteiger partial charge in [0, 0.05) is 18.1 Å². The van der Waals surface area contributed by atoms with Crippen molar-refractivity contribution in [3.63, 3.8) is 0 Å². The third kappa shape index (κ3) is 2.73. The van der Waals surface area contributed by atoms with Gasteiger partial charge >= 0.3 is 0 Å². The summed E-state index contributed by atoms with van der Waals surface area (Å²) >= 11 is 6.09. The Morgan fingerprint density at radius 3 is 2.56 bits per heavy atom. The van der Waals surface area contributed by atoms with Crippen LogP contribution in [-0.4, -0.2) is 38.1 Å². The van der Waals surface area contributed by atoms with E-state index in [1.807, 2.05) is 13.0 Å². The Bertz CT molecular complexity index is 425. The lowest BCUT2D eigenvalue weighted by Crippen LogP contribution is -2.42. The van der Waals surface area contributed by atoms with Crippen LogP contribution in [0.3, 0.4) is 0 Å². The molecule has 2 N–H and O–H groups in total. The second-order valence-corrected chi connectivity index (χ2v) is 5.71. The Morgan fingerprint density at radius 1 is 1.33 bits per heavy atom. The SMILES string of the molecule is Cc1cc(N(C)C2CCN(C)CC2)c(N)cc1Cl. The first-order chi connectivity index (χ1) is 8.49. The Balaban J connectivity index is 2.18. The number of hydrogen-bond donors (Lipinski definition) is 1. The summed E-state index contributed by atoms with van der Waals surface area (Å²) in [4.78, 5) is 4.69. The fourth-order valence-corrected chi connectivity index (χ4v) is 2.74. The maximum atomic E-state index is 6.09. The fourth-order valence-electron chi connectivity index (χ4n) is 2.57. The molecule has 1 aliphatic rings. The second-order valence-electron chi connectivity index (χ2n) is 5.31. The number of piperidine rings is 1. The van der Waals surface area contributed by atoms with Crippen molar-refractivity contribution in [3.8, 4) is 0 Å². The van der Waals surface area contributed by atoms with Crippen molar-refractivity contribution in [2.24, 2.45) is 0 Å². The van der Waals surface area contributed by atoms with Gasteiger partial charge in [0.05, 0.1) is 11.4 Å². The Hall–Kier alpha value is -0.930. The van der Waals surface area contributed by atoms with Gasteiger partial charge in [0.15, 0.2) is 0 Å². The van der Waals surface area contributed by atoms with Gasteiger partial charge in [-0.25, -0.2) is 0 Å². The summed E-state index contributed by atoms with van der Waals surface area (Å²) < 4.78 is 0. The van der Waals surface area contributed by atoms with Crippen LogP contribution in [0.1, 0.15) is 18.4 Å². The Labute approximate surface area is 115 Å². The van der Waals surface area contributed by atoms with Gasteiger partial charge in [-0.05, 0) is 57.6 Å². The molecule has 3 nitrogen and oxygen atoms in total. The van der Waals surface area contributed by atoms with Crippen molar-refractivity contribution in [3.05, 3.63) is 22.7 Å². The highest BCUT2D eigenvalue weighted by Crippen LogP contribution is 2.31. The van der Waals surface area contributed by atoms with Gasteiger partial charge in [-0.3, -0.25) is 0 Å². The first-order valence-corrected chi connectivity index (χ1v) is 6.84. The molecular weight excluding hydrogens is 246 g/mol. The molecule has 0 spiro atoms. The van der Waals surface area contributed by atoms with E-state index >= 15 is 0 Å². The standard InChI is InChI=1S/C14H22ClN3/c1-10-8-14(13(16)9-12(10)15)18(3)11-4-6-17(2)7-5-11/h8-9,11H,4-7,16H2,1-3H3. The lowest BCUT2D eigenvalue weighted by molar-refractivity contribution is 0.253. The van der Waals surface area contributed by atoms with Gasteiger partial charge in [0.25, 0.3) is 0 Å². The summed E-state index contributed by atoms with van der Waals surface area (Å²) in [5.74, 6) is 0. The summed E-state index contributed by atoms with van der Waals surface area (Å²) in [5, 5.41) is 0.744. The average Bonchev–Trinajstić information content (AvgIpc) is 2.34. The predicted molar refractivity (Wildman–Crippen MR) is 79.5 cm³/mol. The molecule has 1 aromatic rings. The van der Waals surface area contributed by atoms with Crippen molar-refractivity contribution in [2.45, 2.75) is 25.8 Å². The maximum Gasteiger partial charge on any atom is 0.0603 e. The van der Waals surface area contributed by atoms with E-state index in [0.717, 1.165) is 35.1 Å². The zero-order chi connectivity index (χ0) is 13.3. The van der Waals surface area contributed by atoms with Crippen LogP contribution in [0.15, 0.2) is 12.1 Å². The highest BCUT2D eigenvalue weighted by molar-refractivity contribution is 6.31. The van der Waals surface area contributed by atoms with Gasteiger partial charge in [-0.15, -0.1) is 0 Å². The molecule has 1 fully saturated rings. The molecule has 0 saturated carbocycles. The third-order valence-corrected chi connectivity index (χ3v) is 4.33. The average molecular weight is 268 g/mol. The minimum Gasteiger partial charge on any atom is -0.397 e. The number of halogens is 1. The van der Waals surface area contributed by atoms with E-state index in [1.165, 1.54) is 12.8 Å². The molecule has 0 amide bonds. The first kappa shape index (κ1) is 13.5. The van der Waals surface area contributed by atoms with Crippen LogP contribution in [0, 0.1) is 6.92 Å². The molecule has 0 unspecified atom stereocenters. The summed E-state index contributed by atoms with van der Waals surface area (Å²) in [5.41, 5.74) is 9.05. The van der Waals surface area contributed by atoms with Crippen LogP contribution in [0.5, 0.6) is 0 Å². The van der Waals surface area contributed by atoms with Gasteiger partial charge < -0.3 is 15.5 Å². The van der Waals surface area contributed by atoms with E-state index in [1.54, 1.807) is 0 Å². The predicted octanol–water partition coefficient (Wildman–Crippen LogP) is 2.76. The number of anilines is 2. The van der Waals surface area contributed by atoms with Gasteiger partial charge in [0.2, 0.25) is 0 Å². The monoisotopic (exact) mass is 267 g/mol. The van der Waals surface area contributed by atoms with Crippen molar-refractivity contribution in [2.75, 3.05) is 37.8 Å². The van der Waals surface area contributed by atoms with Gasteiger partial charge in [-0.2, -0.15) is 0 Å². The Kier molecular flexibility index (Phi) is 4.03. The smallest absolute Gasteiger partial charge is 0.0603 e. The number of hydrogen-bond acceptors (Lipinski definition) is 3. The normalized spacial score (nSPS) is 18.0. The van der Waals surface area contributed by atoms with Crippen molar-refractivity contribution < 1.29 is 0 Å². The van der Waals surface area contributed by atoms with Crippen LogP contribution in [0.4, 0.5) is 11.4 Å². The highest BCUT2D eigenvalue weighted by atomic mass is 35.5. The maximum absolute atomic E-state index is 6.09. The minimum absolute atomic E-state index is 0.573. The molecule has 0 radical (unpaired) electrons. The first-order valence-electron chi connectivity index (χ1n) is 6.46. The quantitative estimate of drug-likeness (QED) is 0.837. The third-order valence-electron chi connectivity index (χ3n) is 3.92. The minimum atomic E-state index is 0.573. The van der Waals surface area contributed by atoms with Crippen LogP contribution in [-0.2, 0) is 0 Å². The van der Waals surface area contributed by atoms with E-state index in [2.05, 4.69) is 30.0 Å². The molecule has 0 atom stereocenters. The molecule has 0 bridgehead atoms. The Morgan fingerprint density at radius 2 is 1.94 bits per heavy atom. The number of aryl methyl sites for hydroxylation is 1. The molecule has 1 heterocycles. The number of rotatable bonds is 2. The molecular formula is C14H22ClN3. The number of likely N-dealkylation sites (tertiary alicyclic amines) is 1. The molecule has 4 heteroatoms. The molecule has 18 heavy (non-hydrogen) atoms. The number of benzene rings is 1. The topological polar surface area (TPSA) is 32.5 Å². The molecule has 1 saturated heterocycles. The van der Waals surface area contributed by atoms with E-state index < -0.39 is 0 Å². The van der Waals surface area contributed by atoms with Crippen molar-refractivity contribution in [1.29, 1.82) is 0 Å². The van der Waals surface area contributed by atoms with Crippen molar-refractivity contribution in [1.82, 2.24) is 4.90 Å². The number of nitrogen functional groups attached to an aromatic ring is 1. The molecule has 100 valence electrons. The number of nitrogens with zero attached hydrogens (tertiary/aromatic N) is 2. The largest absolute Gasteiger partial charge is 0.397 e. The molecule has 0 aliphatic carbocycles. The van der Waals surface area contributed by atoms with Crippen LogP contribution in [0.25, 0.3) is 0 Å². The molecule has 1 aromatic carbocycles. The van der Waals surface area contributed by atoms with E-state index in [0.29, 0.717) is 6.04 Å². The lowest BCUT2D eigenvalue weighted by Gasteiger charge is -2.37. The van der Waals surface area contributed by atoms with Crippen LogP contribution >= 0.6 is 11.6 Å². The zero-order valence-corrected chi connectivity index (χ0v) is 12.2. The van der Waals surface area contributed by atoms with Crippen molar-refractivity contribution >= 4 is 23.0 Å². The van der Waals surface area contributed by atoms with E-state index in [9.17, 15) is 0 Å². The highest BCUT2D eigenvalue weighted by Gasteiger charge is 2.22. The summed E-state index contributed by atoms with van der Waals surface area (Å²) in [6.07, 6.45) is 2.38. The van der Waals surface area contributed by atoms with Crippen LogP contribution < -0.4 is 10.6 Å². The lowest BCUT2D eigenvalue weighted by atomic mass is 10.0. The summed E-state index contributed by atoms with van der Waals surface area (Å²) in [6.45, 7) is 4.33. The van der Waals surface area contributed by atoms with E-state index in [4.69, 9.17) is 17.3 Å². The van der Waals surface area contributed by atoms with Gasteiger partial charge in [0.1, 0.15) is 0 Å². The molecule has 2 rings (SSSR count). The van der Waals surface area contributed by atoms with Crippen LogP contribution in [0.2, 0.25) is 5.02 Å². The molecule has 1 aliphatic heterocycles. The zero-order valence-electron chi connectivity index (χ0n) is 11.4. The van der Waals surface area contributed by atoms with Gasteiger partial charge in [-0.1, -0.05) is 11.6 Å². The van der Waals surface area contributed by atoms with E-state index in [-0.39, 0.29) is 0 Å². The summed E-state index contributed by atoms with van der Waals surface area (Å²) in [7, 11) is 4.31. The molecule has 0 aromatic heterocycles. The second kappa shape index (κ2) is 5.37.